The molecule has 2 heterocycles. The number of nitrogens with two attached hydrogens (primary N) is 1. The van der Waals surface area contributed by atoms with Gasteiger partial charge in [-0.15, -0.1) is 0 Å². The summed E-state index contributed by atoms with van der Waals surface area (Å²) in [7, 11) is 0. The van der Waals surface area contributed by atoms with E-state index in [-0.39, 0.29) is 5.84 Å². The van der Waals surface area contributed by atoms with Crippen LogP contribution >= 0.6 is 11.8 Å². The molecule has 0 amide bonds. The zero-order chi connectivity index (χ0) is 13.9. The Kier molecular flexibility index (Phi) is 3.26. The third-order valence-corrected chi connectivity index (χ3v) is 3.41. The van der Waals surface area contributed by atoms with E-state index in [0.717, 1.165) is 16.0 Å². The maximum absolute atomic E-state index is 8.57. The van der Waals surface area contributed by atoms with Crippen molar-refractivity contribution >= 4 is 28.7 Å². The minimum Gasteiger partial charge on any atom is -0.431 e. The van der Waals surface area contributed by atoms with E-state index in [0.29, 0.717) is 10.9 Å². The first-order valence-electron chi connectivity index (χ1n) is 5.73. The van der Waals surface area contributed by atoms with Gasteiger partial charge < -0.3 is 15.4 Å². The first-order chi connectivity index (χ1) is 9.76. The summed E-state index contributed by atoms with van der Waals surface area (Å²) in [6.45, 7) is 0. The number of amidine groups is 1. The first kappa shape index (κ1) is 12.5. The summed E-state index contributed by atoms with van der Waals surface area (Å²) in [5.41, 5.74) is 7.42. The molecule has 7 heteroatoms. The number of pyridine rings is 1. The topological polar surface area (TPSA) is 97.5 Å². The van der Waals surface area contributed by atoms with Gasteiger partial charge in [0, 0.05) is 11.1 Å². The SMILES string of the molecule is N/C(=N/O)c1ccc(Sc2nc3ccccc3o2)cn1. The molecular formula is C13H10N4O2S. The van der Waals surface area contributed by atoms with E-state index in [1.165, 1.54) is 11.8 Å². The van der Waals surface area contributed by atoms with E-state index in [4.69, 9.17) is 15.4 Å². The van der Waals surface area contributed by atoms with Gasteiger partial charge in [-0.05, 0) is 36.0 Å². The molecule has 0 aliphatic carbocycles. The highest BCUT2D eigenvalue weighted by Gasteiger charge is 2.08. The smallest absolute Gasteiger partial charge is 0.261 e. The largest absolute Gasteiger partial charge is 0.431 e. The van der Waals surface area contributed by atoms with Crippen molar-refractivity contribution in [3.63, 3.8) is 0 Å². The summed E-state index contributed by atoms with van der Waals surface area (Å²) < 4.78 is 5.61. The molecule has 6 nitrogen and oxygen atoms in total. The minimum atomic E-state index is -0.0246. The van der Waals surface area contributed by atoms with Crippen molar-refractivity contribution in [3.05, 3.63) is 48.3 Å². The van der Waals surface area contributed by atoms with Crippen molar-refractivity contribution in [2.24, 2.45) is 10.9 Å². The molecular weight excluding hydrogens is 276 g/mol. The molecule has 0 fully saturated rings. The fourth-order valence-electron chi connectivity index (χ4n) is 1.64. The van der Waals surface area contributed by atoms with Crippen LogP contribution < -0.4 is 5.73 Å². The molecule has 1 aromatic carbocycles. The third-order valence-electron chi connectivity index (χ3n) is 2.59. The molecule has 0 saturated heterocycles. The van der Waals surface area contributed by atoms with Crippen molar-refractivity contribution in [1.29, 1.82) is 0 Å². The Morgan fingerprint density at radius 3 is 2.80 bits per heavy atom. The maximum Gasteiger partial charge on any atom is 0.261 e. The number of para-hydroxylation sites is 2. The fraction of sp³-hybridized carbons (Fsp3) is 0. The quantitative estimate of drug-likeness (QED) is 0.332. The Balaban J connectivity index is 1.83. The Labute approximate surface area is 118 Å². The van der Waals surface area contributed by atoms with Gasteiger partial charge in [0.2, 0.25) is 0 Å². The number of aromatic nitrogens is 2. The van der Waals surface area contributed by atoms with Crippen molar-refractivity contribution in [3.8, 4) is 0 Å². The molecule has 0 unspecified atom stereocenters. The third kappa shape index (κ3) is 2.43. The van der Waals surface area contributed by atoms with Gasteiger partial charge in [-0.25, -0.2) is 4.98 Å². The second-order valence-electron chi connectivity index (χ2n) is 3.91. The zero-order valence-corrected chi connectivity index (χ0v) is 11.0. The summed E-state index contributed by atoms with van der Waals surface area (Å²) in [6.07, 6.45) is 1.62. The molecule has 0 aliphatic rings. The number of rotatable bonds is 3. The van der Waals surface area contributed by atoms with E-state index in [2.05, 4.69) is 15.1 Å². The molecule has 0 bridgehead atoms. The van der Waals surface area contributed by atoms with Crippen LogP contribution in [0.1, 0.15) is 5.69 Å². The number of hydrogen-bond acceptors (Lipinski definition) is 6. The fourth-order valence-corrected chi connectivity index (χ4v) is 2.36. The molecule has 3 aromatic rings. The highest BCUT2D eigenvalue weighted by Crippen LogP contribution is 2.29. The Morgan fingerprint density at radius 1 is 1.25 bits per heavy atom. The van der Waals surface area contributed by atoms with Gasteiger partial charge in [-0.1, -0.05) is 17.3 Å². The van der Waals surface area contributed by atoms with Gasteiger partial charge >= 0.3 is 0 Å². The second-order valence-corrected chi connectivity index (χ2v) is 4.94. The number of fused-ring (bicyclic) bond motifs is 1. The summed E-state index contributed by atoms with van der Waals surface area (Å²) in [5.74, 6) is -0.0246. The van der Waals surface area contributed by atoms with Crippen LogP contribution in [0, 0.1) is 0 Å². The maximum atomic E-state index is 8.57. The van der Waals surface area contributed by atoms with Crippen LogP contribution in [0.25, 0.3) is 11.1 Å². The van der Waals surface area contributed by atoms with Crippen LogP contribution in [0.3, 0.4) is 0 Å². The highest BCUT2D eigenvalue weighted by atomic mass is 32.2. The number of hydrogen-bond donors (Lipinski definition) is 2. The van der Waals surface area contributed by atoms with Gasteiger partial charge in [0.25, 0.3) is 5.22 Å². The van der Waals surface area contributed by atoms with E-state index >= 15 is 0 Å². The molecule has 20 heavy (non-hydrogen) atoms. The molecule has 3 N–H and O–H groups in total. The average molecular weight is 286 g/mol. The first-order valence-corrected chi connectivity index (χ1v) is 6.55. The second kappa shape index (κ2) is 5.22. The van der Waals surface area contributed by atoms with E-state index < -0.39 is 0 Å². The Morgan fingerprint density at radius 2 is 2.10 bits per heavy atom. The lowest BCUT2D eigenvalue weighted by Crippen LogP contribution is -2.14. The minimum absolute atomic E-state index is 0.0246. The summed E-state index contributed by atoms with van der Waals surface area (Å²) in [5, 5.41) is 12.0. The van der Waals surface area contributed by atoms with Crippen molar-refractivity contribution < 1.29 is 9.62 Å². The lowest BCUT2D eigenvalue weighted by atomic mass is 10.3. The average Bonchev–Trinajstić information content (AvgIpc) is 2.89. The van der Waals surface area contributed by atoms with Crippen LogP contribution in [-0.2, 0) is 0 Å². The van der Waals surface area contributed by atoms with Crippen LogP contribution in [-0.4, -0.2) is 21.0 Å². The number of nitrogens with zero attached hydrogens (tertiary/aromatic N) is 3. The summed E-state index contributed by atoms with van der Waals surface area (Å²) in [6, 6.07) is 11.0. The van der Waals surface area contributed by atoms with Crippen molar-refractivity contribution in [2.75, 3.05) is 0 Å². The Bertz CT molecular complexity index is 734. The predicted molar refractivity (Wildman–Crippen MR) is 74.9 cm³/mol. The van der Waals surface area contributed by atoms with Gasteiger partial charge in [-0.2, -0.15) is 0 Å². The molecule has 0 aliphatic heterocycles. The lowest BCUT2D eigenvalue weighted by molar-refractivity contribution is 0.318. The van der Waals surface area contributed by atoms with Crippen molar-refractivity contribution in [2.45, 2.75) is 10.1 Å². The van der Waals surface area contributed by atoms with Gasteiger partial charge in [0.1, 0.15) is 11.2 Å². The number of oxazole rings is 1. The monoisotopic (exact) mass is 286 g/mol. The van der Waals surface area contributed by atoms with Crippen LogP contribution in [0.5, 0.6) is 0 Å². The van der Waals surface area contributed by atoms with Crippen LogP contribution in [0.2, 0.25) is 0 Å². The van der Waals surface area contributed by atoms with E-state index in [1.54, 1.807) is 18.3 Å². The molecule has 0 saturated carbocycles. The van der Waals surface area contributed by atoms with Gasteiger partial charge in [0.15, 0.2) is 11.4 Å². The molecule has 0 radical (unpaired) electrons. The Hall–Kier alpha value is -2.54. The van der Waals surface area contributed by atoms with E-state index in [9.17, 15) is 0 Å². The molecule has 0 atom stereocenters. The summed E-state index contributed by atoms with van der Waals surface area (Å²) >= 11 is 1.36. The van der Waals surface area contributed by atoms with E-state index in [1.807, 2.05) is 24.3 Å². The standard InChI is InChI=1S/C13H10N4O2S/c14-12(17-18)10-6-5-8(7-15-10)20-13-16-9-3-1-2-4-11(9)19-13/h1-7,18H,(H2,14,17). The molecule has 2 aromatic heterocycles. The van der Waals surface area contributed by atoms with Gasteiger partial charge in [-0.3, -0.25) is 4.98 Å². The van der Waals surface area contributed by atoms with Gasteiger partial charge in [0.05, 0.1) is 0 Å². The number of benzene rings is 1. The highest BCUT2D eigenvalue weighted by molar-refractivity contribution is 7.99. The number of oxime groups is 1. The predicted octanol–water partition coefficient (Wildman–Crippen LogP) is 2.47. The zero-order valence-electron chi connectivity index (χ0n) is 10.2. The van der Waals surface area contributed by atoms with Crippen LogP contribution in [0.4, 0.5) is 0 Å². The summed E-state index contributed by atoms with van der Waals surface area (Å²) in [4.78, 5) is 9.31. The normalized spacial score (nSPS) is 11.9. The van der Waals surface area contributed by atoms with Crippen molar-refractivity contribution in [1.82, 2.24) is 9.97 Å². The molecule has 3 rings (SSSR count). The molecule has 100 valence electrons. The van der Waals surface area contributed by atoms with Crippen LogP contribution in [0.15, 0.2) is 62.3 Å². The lowest BCUT2D eigenvalue weighted by Gasteiger charge is -1.99. The molecule has 0 spiro atoms.